The second kappa shape index (κ2) is 7.23. The lowest BCUT2D eigenvalue weighted by Crippen LogP contribution is -2.19. The molecule has 1 aromatic carbocycles. The fourth-order valence-corrected chi connectivity index (χ4v) is 2.29. The first kappa shape index (κ1) is 15.6. The zero-order valence-electron chi connectivity index (χ0n) is 9.77. The molecule has 0 heterocycles. The Morgan fingerprint density at radius 3 is 2.72 bits per heavy atom. The molecule has 2 atom stereocenters. The molecule has 1 aromatic rings. The molecule has 3 nitrogen and oxygen atoms in total. The lowest BCUT2D eigenvalue weighted by Gasteiger charge is -2.18. The summed E-state index contributed by atoms with van der Waals surface area (Å²) in [5.74, 6) is -0.0658. The van der Waals surface area contributed by atoms with Gasteiger partial charge in [0.15, 0.2) is 5.12 Å². The van der Waals surface area contributed by atoms with Crippen LogP contribution in [0.15, 0.2) is 22.7 Å². The summed E-state index contributed by atoms with van der Waals surface area (Å²) < 4.78 is 13.6. The van der Waals surface area contributed by atoms with E-state index in [1.54, 1.807) is 6.07 Å². The number of rotatable bonds is 5. The molecule has 0 saturated heterocycles. The van der Waals surface area contributed by atoms with Gasteiger partial charge in [-0.05, 0) is 40.0 Å². The first-order valence-electron chi connectivity index (χ1n) is 5.36. The molecule has 0 radical (unpaired) electrons. The molecule has 18 heavy (non-hydrogen) atoms. The number of carbonyl (C=O) groups is 1. The minimum atomic E-state index is -1.15. The molecule has 1 rings (SSSR count). The molecule has 0 bridgehead atoms. The number of carbonyl (C=O) groups excluding carboxylic acids is 1. The van der Waals surface area contributed by atoms with E-state index in [4.69, 9.17) is 0 Å². The second-order valence-corrected chi connectivity index (χ2v) is 5.94. The average molecular weight is 337 g/mol. The van der Waals surface area contributed by atoms with Gasteiger partial charge in [0.25, 0.3) is 0 Å². The minimum absolute atomic E-state index is 0.0358. The number of aliphatic hydroxyl groups is 2. The van der Waals surface area contributed by atoms with Crippen molar-refractivity contribution in [2.24, 2.45) is 0 Å². The zero-order chi connectivity index (χ0) is 13.7. The normalized spacial score (nSPS) is 14.3. The van der Waals surface area contributed by atoms with E-state index in [2.05, 4.69) is 15.9 Å². The van der Waals surface area contributed by atoms with Crippen LogP contribution in [0, 0.1) is 5.82 Å². The second-order valence-electron chi connectivity index (χ2n) is 3.81. The summed E-state index contributed by atoms with van der Waals surface area (Å²) in [4.78, 5) is 10.7. The highest BCUT2D eigenvalue weighted by Crippen LogP contribution is 2.24. The molecule has 0 aromatic heterocycles. The molecule has 6 heteroatoms. The van der Waals surface area contributed by atoms with Crippen molar-refractivity contribution in [3.63, 3.8) is 0 Å². The summed E-state index contributed by atoms with van der Waals surface area (Å²) in [5, 5.41) is 19.5. The van der Waals surface area contributed by atoms with Gasteiger partial charge < -0.3 is 10.2 Å². The lowest BCUT2D eigenvalue weighted by molar-refractivity contribution is -0.109. The van der Waals surface area contributed by atoms with Crippen molar-refractivity contribution in [1.29, 1.82) is 0 Å². The van der Waals surface area contributed by atoms with Crippen molar-refractivity contribution >= 4 is 32.8 Å². The number of halogens is 2. The zero-order valence-corrected chi connectivity index (χ0v) is 12.2. The number of benzene rings is 1. The van der Waals surface area contributed by atoms with Gasteiger partial charge in [-0.2, -0.15) is 0 Å². The van der Waals surface area contributed by atoms with Gasteiger partial charge in [-0.3, -0.25) is 4.79 Å². The summed E-state index contributed by atoms with van der Waals surface area (Å²) in [7, 11) is 0. The lowest BCUT2D eigenvalue weighted by atomic mass is 10.0. The van der Waals surface area contributed by atoms with Crippen LogP contribution in [-0.4, -0.2) is 27.2 Å². The molecular formula is C12H14BrFO3S. The van der Waals surface area contributed by atoms with E-state index in [0.29, 0.717) is 15.8 Å². The van der Waals surface area contributed by atoms with Gasteiger partial charge in [0.1, 0.15) is 11.9 Å². The first-order chi connectivity index (χ1) is 8.41. The Hall–Kier alpha value is -0.430. The molecule has 2 N–H and O–H groups in total. The van der Waals surface area contributed by atoms with E-state index in [9.17, 15) is 19.4 Å². The van der Waals surface area contributed by atoms with Gasteiger partial charge in [-0.15, -0.1) is 0 Å². The highest BCUT2D eigenvalue weighted by atomic mass is 79.9. The van der Waals surface area contributed by atoms with E-state index in [1.165, 1.54) is 19.1 Å². The third-order valence-corrected chi connectivity index (χ3v) is 3.86. The molecule has 100 valence electrons. The standard InChI is InChI=1S/C12H14BrFO3S/c1-7(15)18-5-4-11(16)12(17)8-2-3-9(13)10(14)6-8/h2-3,6,11-12,16-17H,4-5H2,1H3. The molecule has 2 unspecified atom stereocenters. The molecule has 0 aliphatic carbocycles. The number of hydrogen-bond acceptors (Lipinski definition) is 4. The Morgan fingerprint density at radius 1 is 1.50 bits per heavy atom. The molecule has 0 amide bonds. The number of thioether (sulfide) groups is 1. The maximum absolute atomic E-state index is 13.3. The summed E-state index contributed by atoms with van der Waals surface area (Å²) in [5.41, 5.74) is 0.316. The van der Waals surface area contributed by atoms with Gasteiger partial charge in [-0.1, -0.05) is 17.8 Å². The van der Waals surface area contributed by atoms with Crippen LogP contribution in [0.25, 0.3) is 0 Å². The van der Waals surface area contributed by atoms with Crippen LogP contribution in [0.4, 0.5) is 4.39 Å². The average Bonchev–Trinajstić information content (AvgIpc) is 2.31. The van der Waals surface area contributed by atoms with Crippen molar-refractivity contribution in [1.82, 2.24) is 0 Å². The van der Waals surface area contributed by atoms with E-state index in [-0.39, 0.29) is 11.5 Å². The van der Waals surface area contributed by atoms with Gasteiger partial charge in [0, 0.05) is 12.7 Å². The Bertz CT molecular complexity index is 428. The Balaban J connectivity index is 2.59. The number of hydrogen-bond donors (Lipinski definition) is 2. The molecule has 0 saturated carbocycles. The maximum atomic E-state index is 13.3. The predicted octanol–water partition coefficient (Wildman–Crippen LogP) is 2.65. The molecule has 0 fully saturated rings. The molecule has 0 aliphatic heterocycles. The first-order valence-corrected chi connectivity index (χ1v) is 7.14. The van der Waals surface area contributed by atoms with Crippen LogP contribution in [0.3, 0.4) is 0 Å². The van der Waals surface area contributed by atoms with Gasteiger partial charge >= 0.3 is 0 Å². The van der Waals surface area contributed by atoms with Gasteiger partial charge in [0.2, 0.25) is 0 Å². The van der Waals surface area contributed by atoms with E-state index in [1.807, 2.05) is 0 Å². The Kier molecular flexibility index (Phi) is 6.28. The van der Waals surface area contributed by atoms with E-state index < -0.39 is 18.0 Å². The van der Waals surface area contributed by atoms with Gasteiger partial charge in [-0.25, -0.2) is 4.39 Å². The summed E-state index contributed by atoms with van der Waals surface area (Å²) >= 11 is 4.10. The smallest absolute Gasteiger partial charge is 0.185 e. The van der Waals surface area contributed by atoms with E-state index >= 15 is 0 Å². The fraction of sp³-hybridized carbons (Fsp3) is 0.417. The van der Waals surface area contributed by atoms with Crippen LogP contribution in [0.1, 0.15) is 25.0 Å². The monoisotopic (exact) mass is 336 g/mol. The summed E-state index contributed by atoms with van der Waals surface area (Å²) in [6, 6.07) is 4.19. The van der Waals surface area contributed by atoms with Crippen molar-refractivity contribution in [2.45, 2.75) is 25.6 Å². The summed E-state index contributed by atoms with van der Waals surface area (Å²) in [6.45, 7) is 1.44. The topological polar surface area (TPSA) is 57.5 Å². The van der Waals surface area contributed by atoms with Crippen LogP contribution >= 0.6 is 27.7 Å². The largest absolute Gasteiger partial charge is 0.390 e. The molecule has 0 aliphatic rings. The predicted molar refractivity (Wildman–Crippen MR) is 72.8 cm³/mol. The van der Waals surface area contributed by atoms with Crippen molar-refractivity contribution in [3.8, 4) is 0 Å². The SMILES string of the molecule is CC(=O)SCCC(O)C(O)c1ccc(Br)c(F)c1. The van der Waals surface area contributed by atoms with Crippen LogP contribution in [0.5, 0.6) is 0 Å². The number of aliphatic hydroxyl groups excluding tert-OH is 2. The van der Waals surface area contributed by atoms with Crippen molar-refractivity contribution in [3.05, 3.63) is 34.1 Å². The Labute approximate surface area is 118 Å². The molecule has 0 spiro atoms. The van der Waals surface area contributed by atoms with Crippen LogP contribution < -0.4 is 0 Å². The third-order valence-electron chi connectivity index (χ3n) is 2.37. The van der Waals surface area contributed by atoms with Crippen LogP contribution in [0.2, 0.25) is 0 Å². The third kappa shape index (κ3) is 4.68. The summed E-state index contributed by atoms with van der Waals surface area (Å²) in [6.07, 6.45) is -1.90. The van der Waals surface area contributed by atoms with E-state index in [0.717, 1.165) is 11.8 Å². The minimum Gasteiger partial charge on any atom is -0.390 e. The van der Waals surface area contributed by atoms with Crippen molar-refractivity contribution in [2.75, 3.05) is 5.75 Å². The highest BCUT2D eigenvalue weighted by Gasteiger charge is 2.19. The van der Waals surface area contributed by atoms with Crippen molar-refractivity contribution < 1.29 is 19.4 Å². The fourth-order valence-electron chi connectivity index (χ4n) is 1.40. The highest BCUT2D eigenvalue weighted by molar-refractivity contribution is 9.10. The van der Waals surface area contributed by atoms with Gasteiger partial charge in [0.05, 0.1) is 10.6 Å². The van der Waals surface area contributed by atoms with Crippen LogP contribution in [-0.2, 0) is 4.79 Å². The Morgan fingerprint density at radius 2 is 2.17 bits per heavy atom. The quantitative estimate of drug-likeness (QED) is 0.867. The molecular weight excluding hydrogens is 323 g/mol. The maximum Gasteiger partial charge on any atom is 0.185 e.